The fourth-order valence-electron chi connectivity index (χ4n) is 2.32. The minimum absolute atomic E-state index is 0.266. The van der Waals surface area contributed by atoms with Crippen LogP contribution in [0.5, 0.6) is 5.75 Å². The van der Waals surface area contributed by atoms with Gasteiger partial charge in [0, 0.05) is 26.3 Å². The number of hydrogen-bond donors (Lipinski definition) is 2. The number of nitrogens with zero attached hydrogens (tertiary/aromatic N) is 1. The molecule has 26 heavy (non-hydrogen) atoms. The molecule has 148 valence electrons. The topological polar surface area (TPSA) is 86.1 Å². The Balaban J connectivity index is 2.78. The predicted octanol–water partition coefficient (Wildman–Crippen LogP) is 2.38. The van der Waals surface area contributed by atoms with Gasteiger partial charge >= 0.3 is 0 Å². The van der Waals surface area contributed by atoms with Crippen LogP contribution in [0.1, 0.15) is 31.1 Å². The second kappa shape index (κ2) is 12.0. The van der Waals surface area contributed by atoms with Crippen LogP contribution >= 0.6 is 11.6 Å². The molecule has 1 atom stereocenters. The summed E-state index contributed by atoms with van der Waals surface area (Å²) in [6, 6.07) is 3.05. The number of rotatable bonds is 12. The molecule has 0 aromatic heterocycles. The number of nitrogens with one attached hydrogen (secondary N) is 1. The third-order valence-electron chi connectivity index (χ3n) is 3.88. The number of likely N-dealkylation sites (N-methyl/N-ethyl adjacent to an activating group) is 1. The van der Waals surface area contributed by atoms with Gasteiger partial charge in [0.25, 0.3) is 5.91 Å². The predicted molar refractivity (Wildman–Crippen MR) is 104 cm³/mol. The van der Waals surface area contributed by atoms with Gasteiger partial charge in [-0.25, -0.2) is 0 Å². The monoisotopic (exact) mass is 387 g/mol. The molecule has 0 spiro atoms. The van der Waals surface area contributed by atoms with Gasteiger partial charge in [-0.2, -0.15) is 0 Å². The van der Waals surface area contributed by atoms with Crippen molar-refractivity contribution >= 4 is 23.2 Å². The summed E-state index contributed by atoms with van der Waals surface area (Å²) in [5.41, 5.74) is 6.52. The van der Waals surface area contributed by atoms with Crippen molar-refractivity contribution < 1.29 is 19.0 Å². The highest BCUT2D eigenvalue weighted by molar-refractivity contribution is 6.33. The van der Waals surface area contributed by atoms with Gasteiger partial charge in [-0.05, 0) is 26.1 Å². The fraction of sp³-hybridized carbons (Fsp3) is 0.611. The highest BCUT2D eigenvalue weighted by Crippen LogP contribution is 2.29. The zero-order chi connectivity index (χ0) is 19.5. The van der Waals surface area contributed by atoms with Gasteiger partial charge in [0.15, 0.2) is 6.29 Å². The number of carbonyl (C=O) groups is 1. The maximum Gasteiger partial charge on any atom is 0.255 e. The van der Waals surface area contributed by atoms with E-state index >= 15 is 0 Å². The van der Waals surface area contributed by atoms with Crippen LogP contribution in [0.4, 0.5) is 5.69 Å². The number of methoxy groups -OCH3 is 1. The molecule has 0 heterocycles. The number of amides is 1. The molecule has 1 amide bonds. The van der Waals surface area contributed by atoms with E-state index in [2.05, 4.69) is 24.1 Å². The van der Waals surface area contributed by atoms with E-state index in [0.717, 1.165) is 19.6 Å². The SMILES string of the molecule is CCN(CC)CCNC(=O)c1cc(Cl)c(N)cc1OC(C)OCCOC. The standard InChI is InChI=1S/C18H30ClN3O4/c1-5-22(6-2)8-7-21-18(23)14-11-15(19)16(20)12-17(14)26-13(3)25-10-9-24-4/h11-13H,5-10,20H2,1-4H3,(H,21,23). The Morgan fingerprint density at radius 3 is 2.62 bits per heavy atom. The summed E-state index contributed by atoms with van der Waals surface area (Å²) in [6.07, 6.45) is -0.562. The number of benzene rings is 1. The molecule has 0 fully saturated rings. The molecule has 0 aliphatic rings. The Kier molecular flexibility index (Phi) is 10.3. The lowest BCUT2D eigenvalue weighted by Gasteiger charge is -2.20. The van der Waals surface area contributed by atoms with Crippen molar-refractivity contribution in [2.75, 3.05) is 52.2 Å². The summed E-state index contributed by atoms with van der Waals surface area (Å²) >= 11 is 6.08. The van der Waals surface area contributed by atoms with Crippen LogP contribution in [0.25, 0.3) is 0 Å². The molecule has 1 aromatic rings. The van der Waals surface area contributed by atoms with Crippen LogP contribution in [0.2, 0.25) is 5.02 Å². The average molecular weight is 388 g/mol. The zero-order valence-electron chi connectivity index (χ0n) is 16.0. The van der Waals surface area contributed by atoms with Crippen LogP contribution in [-0.4, -0.2) is 63.6 Å². The first-order chi connectivity index (χ1) is 12.4. The van der Waals surface area contributed by atoms with E-state index in [1.165, 1.54) is 12.1 Å². The molecule has 1 aromatic carbocycles. The molecule has 0 saturated carbocycles. The Labute approximate surface area is 160 Å². The van der Waals surface area contributed by atoms with E-state index in [-0.39, 0.29) is 5.91 Å². The molecular formula is C18H30ClN3O4. The van der Waals surface area contributed by atoms with Gasteiger partial charge in [-0.15, -0.1) is 0 Å². The van der Waals surface area contributed by atoms with Crippen LogP contribution in [0, 0.1) is 0 Å². The van der Waals surface area contributed by atoms with E-state index in [0.29, 0.717) is 41.8 Å². The largest absolute Gasteiger partial charge is 0.464 e. The molecule has 0 bridgehead atoms. The lowest BCUT2D eigenvalue weighted by Crippen LogP contribution is -2.35. The van der Waals surface area contributed by atoms with E-state index in [9.17, 15) is 4.79 Å². The van der Waals surface area contributed by atoms with Gasteiger partial charge in [0.2, 0.25) is 0 Å². The molecule has 1 rings (SSSR count). The smallest absolute Gasteiger partial charge is 0.255 e. The molecule has 8 heteroatoms. The van der Waals surface area contributed by atoms with E-state index in [1.807, 2.05) is 0 Å². The Morgan fingerprint density at radius 1 is 1.31 bits per heavy atom. The average Bonchev–Trinajstić information content (AvgIpc) is 2.61. The third kappa shape index (κ3) is 7.37. The van der Waals surface area contributed by atoms with Crippen molar-refractivity contribution in [3.8, 4) is 5.75 Å². The number of nitrogens with two attached hydrogens (primary N) is 1. The normalized spacial score (nSPS) is 12.2. The summed E-state index contributed by atoms with van der Waals surface area (Å²) in [4.78, 5) is 14.8. The van der Waals surface area contributed by atoms with E-state index in [4.69, 9.17) is 31.5 Å². The second-order valence-corrected chi connectivity index (χ2v) is 6.11. The molecule has 0 aliphatic carbocycles. The van der Waals surface area contributed by atoms with Gasteiger partial charge in [-0.1, -0.05) is 25.4 Å². The second-order valence-electron chi connectivity index (χ2n) is 5.70. The lowest BCUT2D eigenvalue weighted by atomic mass is 10.1. The number of ether oxygens (including phenoxy) is 3. The summed E-state index contributed by atoms with van der Waals surface area (Å²) in [7, 11) is 1.59. The van der Waals surface area contributed by atoms with Crippen molar-refractivity contribution in [3.63, 3.8) is 0 Å². The van der Waals surface area contributed by atoms with Crippen LogP contribution in [0.3, 0.4) is 0 Å². The minimum Gasteiger partial charge on any atom is -0.464 e. The van der Waals surface area contributed by atoms with Gasteiger partial charge < -0.3 is 30.2 Å². The number of halogens is 1. The van der Waals surface area contributed by atoms with Crippen LogP contribution in [0.15, 0.2) is 12.1 Å². The summed E-state index contributed by atoms with van der Waals surface area (Å²) < 4.78 is 16.1. The Morgan fingerprint density at radius 2 is 2.00 bits per heavy atom. The summed E-state index contributed by atoms with van der Waals surface area (Å²) in [5, 5.41) is 3.19. The van der Waals surface area contributed by atoms with Crippen molar-refractivity contribution in [1.82, 2.24) is 10.2 Å². The van der Waals surface area contributed by atoms with Gasteiger partial charge in [0.1, 0.15) is 5.75 Å². The molecule has 0 saturated heterocycles. The number of nitrogen functional groups attached to an aromatic ring is 1. The highest BCUT2D eigenvalue weighted by Gasteiger charge is 2.17. The van der Waals surface area contributed by atoms with Crippen LogP contribution in [-0.2, 0) is 9.47 Å². The molecule has 0 radical (unpaired) electrons. The van der Waals surface area contributed by atoms with Crippen molar-refractivity contribution in [3.05, 3.63) is 22.7 Å². The van der Waals surface area contributed by atoms with Gasteiger partial charge in [-0.3, -0.25) is 4.79 Å². The maximum atomic E-state index is 12.6. The van der Waals surface area contributed by atoms with Gasteiger partial charge in [0.05, 0.1) is 29.5 Å². The highest BCUT2D eigenvalue weighted by atomic mass is 35.5. The molecule has 0 aliphatic heterocycles. The first-order valence-corrected chi connectivity index (χ1v) is 9.17. The van der Waals surface area contributed by atoms with Crippen molar-refractivity contribution in [2.24, 2.45) is 0 Å². The third-order valence-corrected chi connectivity index (χ3v) is 4.21. The summed E-state index contributed by atoms with van der Waals surface area (Å²) in [6.45, 7) is 9.92. The molecule has 3 N–H and O–H groups in total. The quantitative estimate of drug-likeness (QED) is 0.325. The zero-order valence-corrected chi connectivity index (χ0v) is 16.8. The summed E-state index contributed by atoms with van der Waals surface area (Å²) in [5.74, 6) is 0.0651. The number of carbonyl (C=O) groups excluding carboxylic acids is 1. The Bertz CT molecular complexity index is 568. The lowest BCUT2D eigenvalue weighted by molar-refractivity contribution is -0.0797. The fourth-order valence-corrected chi connectivity index (χ4v) is 2.48. The Hall–Kier alpha value is -1.54. The number of anilines is 1. The maximum absolute atomic E-state index is 12.6. The first kappa shape index (κ1) is 22.5. The molecular weight excluding hydrogens is 358 g/mol. The first-order valence-electron chi connectivity index (χ1n) is 8.79. The molecule has 7 nitrogen and oxygen atoms in total. The minimum atomic E-state index is -0.562. The van der Waals surface area contributed by atoms with Crippen molar-refractivity contribution in [2.45, 2.75) is 27.1 Å². The van der Waals surface area contributed by atoms with E-state index < -0.39 is 6.29 Å². The van der Waals surface area contributed by atoms with E-state index in [1.54, 1.807) is 14.0 Å². The molecule has 1 unspecified atom stereocenters. The number of hydrogen-bond acceptors (Lipinski definition) is 6. The van der Waals surface area contributed by atoms with Crippen LogP contribution < -0.4 is 15.8 Å². The van der Waals surface area contributed by atoms with Crippen molar-refractivity contribution in [1.29, 1.82) is 0 Å².